The van der Waals surface area contributed by atoms with Crippen molar-refractivity contribution in [2.24, 2.45) is 0 Å². The molecule has 0 saturated carbocycles. The van der Waals surface area contributed by atoms with Crippen molar-refractivity contribution in [3.63, 3.8) is 0 Å². The van der Waals surface area contributed by atoms with Gasteiger partial charge in [0.05, 0.1) is 5.56 Å². The second-order valence-corrected chi connectivity index (χ2v) is 3.20. The van der Waals surface area contributed by atoms with Gasteiger partial charge in [-0.3, -0.25) is 4.79 Å². The molecule has 90 valence electrons. The van der Waals surface area contributed by atoms with Gasteiger partial charge in [0.25, 0.3) is 0 Å². The fourth-order valence-electron chi connectivity index (χ4n) is 1.31. The van der Waals surface area contributed by atoms with Crippen LogP contribution < -0.4 is 0 Å². The fraction of sp³-hybridized carbons (Fsp3) is 0.273. The molecular formula is C11H8F3NO2. The molecule has 0 radical (unpaired) electrons. The van der Waals surface area contributed by atoms with E-state index >= 15 is 0 Å². The molecule has 0 aromatic heterocycles. The summed E-state index contributed by atoms with van der Waals surface area (Å²) in [5.74, 6) is -0.812. The average Bonchev–Trinajstić information content (AvgIpc) is 2.24. The number of carbonyl (C=O) groups is 1. The normalized spacial score (nSPS) is 12.6. The van der Waals surface area contributed by atoms with Crippen LogP contribution in [-0.2, 0) is 15.7 Å². The maximum absolute atomic E-state index is 12.6. The minimum absolute atomic E-state index is 0.363. The topological polar surface area (TPSA) is 50.1 Å². The van der Waals surface area contributed by atoms with Gasteiger partial charge >= 0.3 is 12.1 Å². The molecule has 0 spiro atoms. The number of rotatable bonds is 2. The van der Waals surface area contributed by atoms with Gasteiger partial charge in [-0.15, -0.1) is 0 Å². The van der Waals surface area contributed by atoms with Crippen LogP contribution in [0.15, 0.2) is 24.3 Å². The Morgan fingerprint density at radius 1 is 1.41 bits per heavy atom. The molecule has 0 bridgehead atoms. The number of benzene rings is 1. The standard InChI is InChI=1S/C11H8F3NO2/c1-7(16)17-10(6-15)8-4-2-3-5-9(8)11(12,13)14/h2-5,10H,1H3. The highest BCUT2D eigenvalue weighted by atomic mass is 19.4. The van der Waals surface area contributed by atoms with Crippen LogP contribution >= 0.6 is 0 Å². The summed E-state index contributed by atoms with van der Waals surface area (Å²) in [5.41, 5.74) is -1.34. The van der Waals surface area contributed by atoms with E-state index in [1.54, 1.807) is 0 Å². The first-order chi connectivity index (χ1) is 7.86. The molecule has 0 N–H and O–H groups in total. The average molecular weight is 243 g/mol. The maximum atomic E-state index is 12.6. The van der Waals surface area contributed by atoms with Crippen molar-refractivity contribution < 1.29 is 22.7 Å². The van der Waals surface area contributed by atoms with Gasteiger partial charge in [-0.05, 0) is 6.07 Å². The van der Waals surface area contributed by atoms with E-state index in [1.807, 2.05) is 0 Å². The van der Waals surface area contributed by atoms with Gasteiger partial charge in [-0.1, -0.05) is 18.2 Å². The van der Waals surface area contributed by atoms with E-state index in [1.165, 1.54) is 18.2 Å². The lowest BCUT2D eigenvalue weighted by Crippen LogP contribution is -2.14. The highest BCUT2D eigenvalue weighted by Crippen LogP contribution is 2.35. The molecule has 0 fully saturated rings. The smallest absolute Gasteiger partial charge is 0.416 e. The van der Waals surface area contributed by atoms with Crippen molar-refractivity contribution in [3.05, 3.63) is 35.4 Å². The third kappa shape index (κ3) is 3.21. The van der Waals surface area contributed by atoms with Crippen LogP contribution in [-0.4, -0.2) is 5.97 Å². The minimum atomic E-state index is -4.59. The molecule has 1 aromatic rings. The van der Waals surface area contributed by atoms with E-state index in [2.05, 4.69) is 4.74 Å². The van der Waals surface area contributed by atoms with Gasteiger partial charge in [0.2, 0.25) is 6.10 Å². The number of nitrogens with zero attached hydrogens (tertiary/aromatic N) is 1. The van der Waals surface area contributed by atoms with Crippen LogP contribution in [0.4, 0.5) is 13.2 Å². The summed E-state index contributed by atoms with van der Waals surface area (Å²) < 4.78 is 42.4. The minimum Gasteiger partial charge on any atom is -0.442 e. The lowest BCUT2D eigenvalue weighted by atomic mass is 10.0. The van der Waals surface area contributed by atoms with Crippen molar-refractivity contribution in [1.29, 1.82) is 5.26 Å². The van der Waals surface area contributed by atoms with Crippen LogP contribution in [0.1, 0.15) is 24.2 Å². The molecule has 0 saturated heterocycles. The van der Waals surface area contributed by atoms with E-state index < -0.39 is 23.8 Å². The second-order valence-electron chi connectivity index (χ2n) is 3.20. The lowest BCUT2D eigenvalue weighted by molar-refractivity contribution is -0.147. The summed E-state index contributed by atoms with van der Waals surface area (Å²) in [5, 5.41) is 8.72. The van der Waals surface area contributed by atoms with Gasteiger partial charge in [0, 0.05) is 12.5 Å². The molecule has 0 aliphatic heterocycles. The Kier molecular flexibility index (Phi) is 3.73. The molecule has 3 nitrogen and oxygen atoms in total. The molecule has 0 aliphatic rings. The summed E-state index contributed by atoms with van der Waals surface area (Å²) in [7, 11) is 0. The van der Waals surface area contributed by atoms with Crippen LogP contribution in [0, 0.1) is 11.3 Å². The summed E-state index contributed by atoms with van der Waals surface area (Å²) in [6.07, 6.45) is -6.14. The molecule has 1 rings (SSSR count). The largest absolute Gasteiger partial charge is 0.442 e. The van der Waals surface area contributed by atoms with Crippen molar-refractivity contribution in [1.82, 2.24) is 0 Å². The molecule has 1 aromatic carbocycles. The van der Waals surface area contributed by atoms with Crippen molar-refractivity contribution in [2.75, 3.05) is 0 Å². The SMILES string of the molecule is CC(=O)OC(C#N)c1ccccc1C(F)(F)F. The van der Waals surface area contributed by atoms with Crippen LogP contribution in [0.25, 0.3) is 0 Å². The number of ether oxygens (including phenoxy) is 1. The zero-order valence-corrected chi connectivity index (χ0v) is 8.78. The Morgan fingerprint density at radius 2 is 2.00 bits per heavy atom. The molecule has 0 amide bonds. The molecule has 1 unspecified atom stereocenters. The van der Waals surface area contributed by atoms with Gasteiger partial charge in [0.15, 0.2) is 0 Å². The Balaban J connectivity index is 3.21. The van der Waals surface area contributed by atoms with Crippen molar-refractivity contribution in [3.8, 4) is 6.07 Å². The fourth-order valence-corrected chi connectivity index (χ4v) is 1.31. The van der Waals surface area contributed by atoms with Crippen LogP contribution in [0.2, 0.25) is 0 Å². The van der Waals surface area contributed by atoms with E-state index in [0.717, 1.165) is 19.1 Å². The highest BCUT2D eigenvalue weighted by Gasteiger charge is 2.35. The second kappa shape index (κ2) is 4.87. The third-order valence-corrected chi connectivity index (χ3v) is 1.95. The summed E-state index contributed by atoms with van der Waals surface area (Å²) in [4.78, 5) is 10.7. The molecule has 6 heteroatoms. The van der Waals surface area contributed by atoms with Gasteiger partial charge in [0.1, 0.15) is 6.07 Å². The first-order valence-electron chi connectivity index (χ1n) is 4.59. The molecular weight excluding hydrogens is 235 g/mol. The molecule has 0 heterocycles. The zero-order chi connectivity index (χ0) is 13.1. The Bertz CT molecular complexity index is 463. The molecule has 1 atom stereocenters. The number of carbonyl (C=O) groups excluding carboxylic acids is 1. The van der Waals surface area contributed by atoms with E-state index in [9.17, 15) is 18.0 Å². The van der Waals surface area contributed by atoms with Crippen molar-refractivity contribution >= 4 is 5.97 Å². The maximum Gasteiger partial charge on any atom is 0.416 e. The van der Waals surface area contributed by atoms with Crippen LogP contribution in [0.5, 0.6) is 0 Å². The third-order valence-electron chi connectivity index (χ3n) is 1.95. The number of alkyl halides is 3. The van der Waals surface area contributed by atoms with E-state index in [4.69, 9.17) is 5.26 Å². The highest BCUT2D eigenvalue weighted by molar-refractivity contribution is 5.66. The Labute approximate surface area is 95.4 Å². The molecule has 0 aliphatic carbocycles. The van der Waals surface area contributed by atoms with Crippen molar-refractivity contribution in [2.45, 2.75) is 19.2 Å². The van der Waals surface area contributed by atoms with Gasteiger partial charge in [-0.2, -0.15) is 18.4 Å². The number of halogens is 3. The predicted molar refractivity (Wildman–Crippen MR) is 51.6 cm³/mol. The van der Waals surface area contributed by atoms with Crippen LogP contribution in [0.3, 0.4) is 0 Å². The van der Waals surface area contributed by atoms with E-state index in [0.29, 0.717) is 0 Å². The summed E-state index contributed by atoms with van der Waals surface area (Å²) >= 11 is 0. The molecule has 17 heavy (non-hydrogen) atoms. The van der Waals surface area contributed by atoms with Gasteiger partial charge < -0.3 is 4.74 Å². The first-order valence-corrected chi connectivity index (χ1v) is 4.59. The summed E-state index contributed by atoms with van der Waals surface area (Å²) in [6, 6.07) is 6.01. The first kappa shape index (κ1) is 13.0. The number of hydrogen-bond donors (Lipinski definition) is 0. The Hall–Kier alpha value is -2.03. The number of esters is 1. The summed E-state index contributed by atoms with van der Waals surface area (Å²) in [6.45, 7) is 1.03. The van der Waals surface area contributed by atoms with Gasteiger partial charge in [-0.25, -0.2) is 0 Å². The zero-order valence-electron chi connectivity index (χ0n) is 8.78. The lowest BCUT2D eigenvalue weighted by Gasteiger charge is -2.16. The number of nitriles is 1. The Morgan fingerprint density at radius 3 is 2.47 bits per heavy atom. The van der Waals surface area contributed by atoms with E-state index in [-0.39, 0.29) is 5.56 Å². The quantitative estimate of drug-likeness (QED) is 0.750. The monoisotopic (exact) mass is 243 g/mol. The number of hydrogen-bond acceptors (Lipinski definition) is 3. The predicted octanol–water partition coefficient (Wildman–Crippen LogP) is 2.83.